The van der Waals surface area contributed by atoms with E-state index in [0.717, 1.165) is 12.4 Å². The lowest BCUT2D eigenvalue weighted by Crippen LogP contribution is -2.36. The lowest BCUT2D eigenvalue weighted by atomic mass is 9.83. The maximum atomic E-state index is 13.1. The van der Waals surface area contributed by atoms with Crippen LogP contribution < -0.4 is 15.4 Å². The summed E-state index contributed by atoms with van der Waals surface area (Å²) in [5, 5.41) is 36.6. The molecule has 30 heavy (non-hydrogen) atoms. The third-order valence-electron chi connectivity index (χ3n) is 5.07. The second-order valence-electron chi connectivity index (χ2n) is 7.58. The Labute approximate surface area is 171 Å². The standard InChI is InChI=1S/C19H21F3N6O2/c1-18(29)5-2-14(3-6-18)26-16-12(8-23)9-24-17(27-16)25-10-13-11-28(30)7-4-15(13)19(20,21)22/h4,7,9,11,14,29H,2-3,5-6,10H2,1H3,(H2,24,25,26,27)/t14-,18+. The Morgan fingerprint density at radius 1 is 1.40 bits per heavy atom. The van der Waals surface area contributed by atoms with Gasteiger partial charge in [0.15, 0.2) is 12.4 Å². The lowest BCUT2D eigenvalue weighted by molar-refractivity contribution is -0.606. The second kappa shape index (κ2) is 8.31. The number of hydrogen-bond donors (Lipinski definition) is 3. The molecule has 1 aliphatic carbocycles. The van der Waals surface area contributed by atoms with Gasteiger partial charge < -0.3 is 20.9 Å². The number of pyridine rings is 1. The predicted molar refractivity (Wildman–Crippen MR) is 101 cm³/mol. The molecule has 0 spiro atoms. The van der Waals surface area contributed by atoms with Crippen molar-refractivity contribution in [3.05, 3.63) is 46.6 Å². The summed E-state index contributed by atoms with van der Waals surface area (Å²) in [5.74, 6) is 0.290. The summed E-state index contributed by atoms with van der Waals surface area (Å²) in [4.78, 5) is 8.18. The largest absolute Gasteiger partial charge is 0.619 e. The van der Waals surface area contributed by atoms with Crippen LogP contribution >= 0.6 is 0 Å². The van der Waals surface area contributed by atoms with Gasteiger partial charge in [-0.3, -0.25) is 0 Å². The quantitative estimate of drug-likeness (QED) is 0.500. The van der Waals surface area contributed by atoms with Crippen molar-refractivity contribution in [1.29, 1.82) is 5.26 Å². The summed E-state index contributed by atoms with van der Waals surface area (Å²) < 4.78 is 39.7. The van der Waals surface area contributed by atoms with Gasteiger partial charge in [-0.15, -0.1) is 0 Å². The molecule has 0 unspecified atom stereocenters. The van der Waals surface area contributed by atoms with Crippen molar-refractivity contribution in [2.75, 3.05) is 10.6 Å². The van der Waals surface area contributed by atoms with E-state index >= 15 is 0 Å². The molecule has 160 valence electrons. The molecule has 2 aromatic heterocycles. The van der Waals surface area contributed by atoms with Crippen LogP contribution in [0.4, 0.5) is 24.9 Å². The first kappa shape index (κ1) is 21.6. The van der Waals surface area contributed by atoms with Crippen molar-refractivity contribution < 1.29 is 23.0 Å². The zero-order valence-corrected chi connectivity index (χ0v) is 16.2. The number of halogens is 3. The van der Waals surface area contributed by atoms with Crippen LogP contribution in [0.3, 0.4) is 0 Å². The number of nitrogens with one attached hydrogen (secondary N) is 2. The number of rotatable bonds is 5. The lowest BCUT2D eigenvalue weighted by Gasteiger charge is -2.33. The summed E-state index contributed by atoms with van der Waals surface area (Å²) in [7, 11) is 0. The van der Waals surface area contributed by atoms with Crippen LogP contribution in [-0.4, -0.2) is 26.7 Å². The minimum atomic E-state index is -4.61. The van der Waals surface area contributed by atoms with E-state index in [9.17, 15) is 28.7 Å². The van der Waals surface area contributed by atoms with Crippen LogP contribution in [0.25, 0.3) is 0 Å². The highest BCUT2D eigenvalue weighted by Gasteiger charge is 2.34. The zero-order chi connectivity index (χ0) is 21.9. The minimum Gasteiger partial charge on any atom is -0.619 e. The normalized spacial score (nSPS) is 21.7. The fourth-order valence-electron chi connectivity index (χ4n) is 3.35. The molecule has 8 nitrogen and oxygen atoms in total. The van der Waals surface area contributed by atoms with Crippen molar-refractivity contribution in [2.45, 2.75) is 57.0 Å². The second-order valence-corrected chi connectivity index (χ2v) is 7.58. The van der Waals surface area contributed by atoms with Crippen molar-refractivity contribution in [3.63, 3.8) is 0 Å². The van der Waals surface area contributed by atoms with E-state index in [1.165, 1.54) is 6.20 Å². The Hall–Kier alpha value is -3.13. The molecule has 0 aromatic carbocycles. The smallest absolute Gasteiger partial charge is 0.417 e. The van der Waals surface area contributed by atoms with Gasteiger partial charge in [-0.25, -0.2) is 4.98 Å². The van der Waals surface area contributed by atoms with Gasteiger partial charge in [-0.2, -0.15) is 28.1 Å². The van der Waals surface area contributed by atoms with Crippen LogP contribution in [0.15, 0.2) is 24.7 Å². The third kappa shape index (κ3) is 5.27. The molecule has 3 rings (SSSR count). The number of alkyl halides is 3. The monoisotopic (exact) mass is 422 g/mol. The average Bonchev–Trinajstić information content (AvgIpc) is 2.67. The van der Waals surface area contributed by atoms with Crippen LogP contribution in [0, 0.1) is 16.5 Å². The first-order valence-corrected chi connectivity index (χ1v) is 9.36. The average molecular weight is 422 g/mol. The Morgan fingerprint density at radius 3 is 2.73 bits per heavy atom. The Morgan fingerprint density at radius 2 is 2.10 bits per heavy atom. The summed E-state index contributed by atoms with van der Waals surface area (Å²) >= 11 is 0. The molecular weight excluding hydrogens is 401 g/mol. The number of aliphatic hydroxyl groups is 1. The predicted octanol–water partition coefficient (Wildman–Crippen LogP) is 2.72. The highest BCUT2D eigenvalue weighted by molar-refractivity contribution is 5.54. The molecule has 0 radical (unpaired) electrons. The Bertz CT molecular complexity index is 948. The van der Waals surface area contributed by atoms with Crippen molar-refractivity contribution in [1.82, 2.24) is 9.97 Å². The van der Waals surface area contributed by atoms with E-state index in [0.29, 0.717) is 31.7 Å². The summed E-state index contributed by atoms with van der Waals surface area (Å²) in [6.45, 7) is 1.45. The molecule has 2 heterocycles. The van der Waals surface area contributed by atoms with Crippen molar-refractivity contribution in [3.8, 4) is 6.07 Å². The summed E-state index contributed by atoms with van der Waals surface area (Å²) in [6.07, 6.45) is 0.880. The van der Waals surface area contributed by atoms with Gasteiger partial charge >= 0.3 is 6.18 Å². The summed E-state index contributed by atoms with van der Waals surface area (Å²) in [5.41, 5.74) is -1.69. The van der Waals surface area contributed by atoms with E-state index in [1.807, 2.05) is 6.07 Å². The van der Waals surface area contributed by atoms with Crippen LogP contribution in [-0.2, 0) is 12.7 Å². The first-order valence-electron chi connectivity index (χ1n) is 9.36. The van der Waals surface area contributed by atoms with Gasteiger partial charge in [0, 0.05) is 24.2 Å². The van der Waals surface area contributed by atoms with Gasteiger partial charge in [0.1, 0.15) is 17.5 Å². The molecule has 0 saturated heterocycles. The van der Waals surface area contributed by atoms with E-state index in [4.69, 9.17) is 0 Å². The first-order chi connectivity index (χ1) is 14.1. The van der Waals surface area contributed by atoms with Gasteiger partial charge in [-0.1, -0.05) is 0 Å². The van der Waals surface area contributed by atoms with Crippen LogP contribution in [0.5, 0.6) is 0 Å². The molecular formula is C19H21F3N6O2. The summed E-state index contributed by atoms with van der Waals surface area (Å²) in [6, 6.07) is 2.70. The highest BCUT2D eigenvalue weighted by Crippen LogP contribution is 2.32. The van der Waals surface area contributed by atoms with Gasteiger partial charge in [0.05, 0.1) is 17.4 Å². The maximum absolute atomic E-state index is 13.1. The zero-order valence-electron chi connectivity index (χ0n) is 16.2. The van der Waals surface area contributed by atoms with Crippen LogP contribution in [0.2, 0.25) is 0 Å². The number of nitrogens with zero attached hydrogens (tertiary/aromatic N) is 4. The molecule has 1 aliphatic rings. The molecule has 2 aromatic rings. The minimum absolute atomic E-state index is 0.00505. The number of hydrogen-bond acceptors (Lipinski definition) is 7. The molecule has 1 saturated carbocycles. The van der Waals surface area contributed by atoms with Crippen molar-refractivity contribution in [2.24, 2.45) is 0 Å². The number of anilines is 2. The molecule has 11 heteroatoms. The number of nitriles is 1. The SMILES string of the molecule is C[C@]1(O)CC[C@@H](Nc2nc(NCc3c[n+]([O-])ccc3C(F)(F)F)ncc2C#N)CC1. The van der Waals surface area contributed by atoms with Gasteiger partial charge in [-0.05, 0) is 32.6 Å². The Kier molecular flexibility index (Phi) is 5.98. The number of aromatic nitrogens is 3. The molecule has 0 bridgehead atoms. The fourth-order valence-corrected chi connectivity index (χ4v) is 3.35. The van der Waals surface area contributed by atoms with E-state index < -0.39 is 17.3 Å². The van der Waals surface area contributed by atoms with Crippen molar-refractivity contribution >= 4 is 11.8 Å². The molecule has 1 fully saturated rings. The maximum Gasteiger partial charge on any atom is 0.417 e. The topological polar surface area (TPSA) is 121 Å². The highest BCUT2D eigenvalue weighted by atomic mass is 19.4. The molecule has 3 N–H and O–H groups in total. The van der Waals surface area contributed by atoms with E-state index in [2.05, 4.69) is 20.6 Å². The molecule has 0 amide bonds. The van der Waals surface area contributed by atoms with Gasteiger partial charge in [0.2, 0.25) is 5.95 Å². The molecule has 0 aliphatic heterocycles. The van der Waals surface area contributed by atoms with E-state index in [-0.39, 0.29) is 40.2 Å². The molecule has 0 atom stereocenters. The third-order valence-corrected chi connectivity index (χ3v) is 5.07. The van der Waals surface area contributed by atoms with E-state index in [1.54, 1.807) is 6.92 Å². The fraction of sp³-hybridized carbons (Fsp3) is 0.474. The van der Waals surface area contributed by atoms with Gasteiger partial charge in [0.25, 0.3) is 0 Å². The van der Waals surface area contributed by atoms with Crippen LogP contribution in [0.1, 0.15) is 49.3 Å². The Balaban J connectivity index is 1.75.